The van der Waals surface area contributed by atoms with Gasteiger partial charge in [0.25, 0.3) is 0 Å². The summed E-state index contributed by atoms with van der Waals surface area (Å²) in [4.78, 5) is 47.8. The highest BCUT2D eigenvalue weighted by molar-refractivity contribution is 5.92. The van der Waals surface area contributed by atoms with E-state index in [9.17, 15) is 19.2 Å². The van der Waals surface area contributed by atoms with E-state index in [0.29, 0.717) is 33.4 Å². The van der Waals surface area contributed by atoms with Crippen LogP contribution in [0.2, 0.25) is 0 Å². The Kier molecular flexibility index (Phi) is 7.15. The largest absolute Gasteiger partial charge is 0.497 e. The molecule has 0 aliphatic heterocycles. The number of carbonyl (C=O) groups is 2. The van der Waals surface area contributed by atoms with Crippen LogP contribution < -0.4 is 20.7 Å². The summed E-state index contributed by atoms with van der Waals surface area (Å²) in [5.41, 5.74) is 0.212. The van der Waals surface area contributed by atoms with Crippen LogP contribution in [0.25, 0.3) is 21.9 Å². The van der Waals surface area contributed by atoms with Gasteiger partial charge in [0, 0.05) is 58.3 Å². The van der Waals surface area contributed by atoms with Crippen molar-refractivity contribution in [2.45, 2.75) is 13.2 Å². The number of hydrogen-bond acceptors (Lipinski definition) is 10. The Morgan fingerprint density at radius 3 is 1.50 bits per heavy atom. The van der Waals surface area contributed by atoms with Gasteiger partial charge in [-0.1, -0.05) is 0 Å². The number of rotatable bonds is 8. The van der Waals surface area contributed by atoms with E-state index >= 15 is 0 Å². The minimum atomic E-state index is -0.820. The molecule has 10 heteroatoms. The van der Waals surface area contributed by atoms with E-state index in [2.05, 4.69) is 0 Å². The maximum absolute atomic E-state index is 12.1. The van der Waals surface area contributed by atoms with Gasteiger partial charge in [-0.25, -0.2) is 19.2 Å². The summed E-state index contributed by atoms with van der Waals surface area (Å²) < 4.78 is 30.8. The third-order valence-corrected chi connectivity index (χ3v) is 5.17. The second kappa shape index (κ2) is 10.6. The zero-order chi connectivity index (χ0) is 25.7. The first-order valence-electron chi connectivity index (χ1n) is 10.6. The first kappa shape index (κ1) is 24.3. The quantitative estimate of drug-likeness (QED) is 0.205. The van der Waals surface area contributed by atoms with Crippen LogP contribution in [0.4, 0.5) is 0 Å². The number of benzene rings is 2. The Hall–Kier alpha value is -4.86. The smallest absolute Gasteiger partial charge is 0.336 e. The maximum Gasteiger partial charge on any atom is 0.336 e. The molecule has 2 aromatic carbocycles. The van der Waals surface area contributed by atoms with Gasteiger partial charge in [-0.2, -0.15) is 0 Å². The first-order valence-corrected chi connectivity index (χ1v) is 10.6. The van der Waals surface area contributed by atoms with E-state index in [0.717, 1.165) is 12.2 Å². The molecule has 0 saturated carbocycles. The average Bonchev–Trinajstić information content (AvgIpc) is 2.87. The van der Waals surface area contributed by atoms with Gasteiger partial charge in [0.2, 0.25) is 0 Å². The summed E-state index contributed by atoms with van der Waals surface area (Å²) in [6, 6.07) is 12.3. The maximum atomic E-state index is 12.1. The lowest BCUT2D eigenvalue weighted by Gasteiger charge is -2.07. The number of carbonyl (C=O) groups excluding carboxylic acids is 2. The molecule has 4 rings (SSSR count). The van der Waals surface area contributed by atoms with Crippen LogP contribution in [-0.4, -0.2) is 26.2 Å². The van der Waals surface area contributed by atoms with E-state index in [1.54, 1.807) is 36.4 Å². The van der Waals surface area contributed by atoms with Crippen molar-refractivity contribution < 1.29 is 37.4 Å². The molecule has 184 valence electrons. The number of fused-ring (bicyclic) bond motifs is 2. The Labute approximate surface area is 203 Å². The van der Waals surface area contributed by atoms with Gasteiger partial charge in [0.1, 0.15) is 35.9 Å². The lowest BCUT2D eigenvalue weighted by Crippen LogP contribution is -2.08. The van der Waals surface area contributed by atoms with Gasteiger partial charge < -0.3 is 27.8 Å². The highest BCUT2D eigenvalue weighted by Crippen LogP contribution is 2.24. The normalized spacial score (nSPS) is 11.1. The Balaban J connectivity index is 1.38. The molecule has 0 saturated heterocycles. The molecule has 4 aromatic rings. The Morgan fingerprint density at radius 2 is 1.11 bits per heavy atom. The van der Waals surface area contributed by atoms with Crippen molar-refractivity contribution >= 4 is 33.9 Å². The predicted molar refractivity (Wildman–Crippen MR) is 127 cm³/mol. The lowest BCUT2D eigenvalue weighted by atomic mass is 10.1. The summed E-state index contributed by atoms with van der Waals surface area (Å²) in [6.45, 7) is -0.441. The van der Waals surface area contributed by atoms with E-state index in [4.69, 9.17) is 27.8 Å². The van der Waals surface area contributed by atoms with Gasteiger partial charge in [-0.05, 0) is 24.3 Å². The molecule has 0 aliphatic rings. The van der Waals surface area contributed by atoms with Crippen LogP contribution in [0.15, 0.2) is 79.1 Å². The van der Waals surface area contributed by atoms with Crippen molar-refractivity contribution in [3.05, 3.63) is 92.7 Å². The minimum absolute atomic E-state index is 0.220. The van der Waals surface area contributed by atoms with Crippen molar-refractivity contribution in [1.29, 1.82) is 0 Å². The molecular weight excluding hydrogens is 472 g/mol. The highest BCUT2D eigenvalue weighted by atomic mass is 16.5. The molecule has 0 unspecified atom stereocenters. The molecule has 0 fully saturated rings. The summed E-state index contributed by atoms with van der Waals surface area (Å²) in [5.74, 6) is -0.629. The fourth-order valence-electron chi connectivity index (χ4n) is 3.44. The topological polar surface area (TPSA) is 131 Å². The summed E-state index contributed by atoms with van der Waals surface area (Å²) in [7, 11) is 2.97. The van der Waals surface area contributed by atoms with Crippen molar-refractivity contribution in [2.24, 2.45) is 0 Å². The van der Waals surface area contributed by atoms with Gasteiger partial charge >= 0.3 is 23.2 Å². The molecular formula is C26H20O10. The molecule has 36 heavy (non-hydrogen) atoms. The lowest BCUT2D eigenvalue weighted by molar-refractivity contribution is -0.141. The predicted octanol–water partition coefficient (Wildman–Crippen LogP) is 3.26. The molecule has 0 amide bonds. The van der Waals surface area contributed by atoms with Crippen molar-refractivity contribution in [3.8, 4) is 11.5 Å². The molecule has 0 N–H and O–H groups in total. The van der Waals surface area contributed by atoms with Crippen LogP contribution in [0.5, 0.6) is 11.5 Å². The van der Waals surface area contributed by atoms with Crippen LogP contribution in [0.3, 0.4) is 0 Å². The zero-order valence-corrected chi connectivity index (χ0v) is 19.3. The molecule has 2 heterocycles. The van der Waals surface area contributed by atoms with Crippen molar-refractivity contribution in [1.82, 2.24) is 0 Å². The van der Waals surface area contributed by atoms with E-state index in [-0.39, 0.29) is 24.4 Å². The number of ether oxygens (including phenoxy) is 4. The SMILES string of the molecule is COc1ccc2c(COC(=O)/C=C/C(=O)OCc3cc(=O)oc4cc(OC)ccc34)cc(=O)oc2c1. The zero-order valence-electron chi connectivity index (χ0n) is 19.3. The molecule has 10 nitrogen and oxygen atoms in total. The fourth-order valence-corrected chi connectivity index (χ4v) is 3.44. The van der Waals surface area contributed by atoms with Crippen LogP contribution in [0.1, 0.15) is 11.1 Å². The highest BCUT2D eigenvalue weighted by Gasteiger charge is 2.11. The molecule has 0 bridgehead atoms. The molecule has 0 radical (unpaired) electrons. The first-order chi connectivity index (χ1) is 17.4. The summed E-state index contributed by atoms with van der Waals surface area (Å²) in [6.07, 6.45) is 1.81. The third kappa shape index (κ3) is 5.61. The molecule has 0 aliphatic carbocycles. The van der Waals surface area contributed by atoms with E-state index in [1.807, 2.05) is 0 Å². The fraction of sp³-hybridized carbons (Fsp3) is 0.154. The number of esters is 2. The molecule has 0 spiro atoms. The summed E-state index contributed by atoms with van der Waals surface area (Å²) in [5, 5.41) is 1.15. The number of methoxy groups -OCH3 is 2. The second-order valence-electron chi connectivity index (χ2n) is 7.45. The average molecular weight is 492 g/mol. The Bertz CT molecular complexity index is 1470. The number of hydrogen-bond donors (Lipinski definition) is 0. The van der Waals surface area contributed by atoms with Crippen LogP contribution in [0, 0.1) is 0 Å². The second-order valence-corrected chi connectivity index (χ2v) is 7.45. The Morgan fingerprint density at radius 1 is 0.694 bits per heavy atom. The van der Waals surface area contributed by atoms with Crippen LogP contribution >= 0.6 is 0 Å². The standard InChI is InChI=1S/C26H20O10/c1-31-17-3-5-19-15(9-25(29)35-21(19)11-17)13-33-23(27)7-8-24(28)34-14-16-10-26(30)36-22-12-18(32-2)4-6-20(16)22/h3-12H,13-14H2,1-2H3/b8-7+. The van der Waals surface area contributed by atoms with E-state index in [1.165, 1.54) is 26.4 Å². The molecule has 0 atom stereocenters. The monoisotopic (exact) mass is 492 g/mol. The van der Waals surface area contributed by atoms with Gasteiger partial charge in [-0.15, -0.1) is 0 Å². The minimum Gasteiger partial charge on any atom is -0.497 e. The third-order valence-electron chi connectivity index (χ3n) is 5.17. The van der Waals surface area contributed by atoms with Crippen LogP contribution in [-0.2, 0) is 32.3 Å². The van der Waals surface area contributed by atoms with Gasteiger partial charge in [0.15, 0.2) is 0 Å². The van der Waals surface area contributed by atoms with Gasteiger partial charge in [0.05, 0.1) is 14.2 Å². The molecule has 2 aromatic heterocycles. The van der Waals surface area contributed by atoms with Gasteiger partial charge in [-0.3, -0.25) is 0 Å². The van der Waals surface area contributed by atoms with E-state index < -0.39 is 23.2 Å². The van der Waals surface area contributed by atoms with Crippen molar-refractivity contribution in [2.75, 3.05) is 14.2 Å². The summed E-state index contributed by atoms with van der Waals surface area (Å²) >= 11 is 0. The van der Waals surface area contributed by atoms with Crippen molar-refractivity contribution in [3.63, 3.8) is 0 Å².